The molecule has 6 nitrogen and oxygen atoms in total. The van der Waals surface area contributed by atoms with Crippen molar-refractivity contribution in [1.82, 2.24) is 0 Å². The molecule has 2 rings (SSSR count). The number of aromatic hydroxyl groups is 1. The van der Waals surface area contributed by atoms with Gasteiger partial charge < -0.3 is 19.4 Å². The third-order valence-corrected chi connectivity index (χ3v) is 3.31. The maximum Gasteiger partial charge on any atom is 0.469 e. The summed E-state index contributed by atoms with van der Waals surface area (Å²) in [4.78, 5) is 16.6. The van der Waals surface area contributed by atoms with Crippen molar-refractivity contribution in [1.29, 1.82) is 0 Å². The predicted molar refractivity (Wildman–Crippen MR) is 86.5 cm³/mol. The fourth-order valence-corrected chi connectivity index (χ4v) is 1.96. The fraction of sp³-hybridized carbons (Fsp3) is 0.333. The molecule has 0 bridgehead atoms. The van der Waals surface area contributed by atoms with Gasteiger partial charge in [0.2, 0.25) is 0 Å². The van der Waals surface area contributed by atoms with Crippen molar-refractivity contribution < 1.29 is 28.5 Å². The Morgan fingerprint density at radius 3 is 2.18 bits per heavy atom. The number of likely N-dealkylation sites (N-methyl/N-ethyl adjacent to an activating group) is 1. The monoisotopic (exact) mass is 328 g/mol. The second-order valence-corrected chi connectivity index (χ2v) is 7.08. The molecule has 122 valence electrons. The number of nitrogens with zero attached hydrogens (tertiary/aromatic N) is 1. The van der Waals surface area contributed by atoms with Crippen molar-refractivity contribution >= 4 is 18.6 Å². The molecule has 0 spiro atoms. The second kappa shape index (κ2) is 7.72. The largest absolute Gasteiger partial charge is 0.507 e. The summed E-state index contributed by atoms with van der Waals surface area (Å²) in [5.74, 6) is 0.350. The Morgan fingerprint density at radius 2 is 1.64 bits per heavy atom. The van der Waals surface area contributed by atoms with Gasteiger partial charge in [0.05, 0.1) is 21.1 Å². The number of quaternary nitrogens is 1. The number of phosphoric acid groups is 1. The molecule has 0 aliphatic rings. The van der Waals surface area contributed by atoms with Crippen LogP contribution in [0, 0.1) is 0 Å². The van der Waals surface area contributed by atoms with Gasteiger partial charge in [-0.1, -0.05) is 36.4 Å². The summed E-state index contributed by atoms with van der Waals surface area (Å²) in [6.45, 7) is 0.652. The summed E-state index contributed by atoms with van der Waals surface area (Å²) < 4.78 is 15.1. The minimum absolute atomic E-state index is 0.0772. The van der Waals surface area contributed by atoms with Crippen LogP contribution in [0.3, 0.4) is 0 Å². The molecule has 0 aromatic heterocycles. The van der Waals surface area contributed by atoms with E-state index >= 15 is 0 Å². The Labute approximate surface area is 130 Å². The molecule has 0 aliphatic heterocycles. The first kappa shape index (κ1) is 18.6. The molecule has 2 aromatic rings. The number of phenols is 1. The van der Waals surface area contributed by atoms with E-state index in [0.29, 0.717) is 16.8 Å². The van der Waals surface area contributed by atoms with E-state index in [1.807, 2.05) is 57.5 Å². The summed E-state index contributed by atoms with van der Waals surface area (Å²) in [6.07, 6.45) is 0. The third kappa shape index (κ3) is 7.54. The van der Waals surface area contributed by atoms with Crippen molar-refractivity contribution in [3.05, 3.63) is 42.5 Å². The molecule has 0 heterocycles. The van der Waals surface area contributed by atoms with Gasteiger partial charge in [0.1, 0.15) is 18.9 Å². The van der Waals surface area contributed by atoms with Crippen molar-refractivity contribution in [3.8, 4) is 5.75 Å². The minimum atomic E-state index is -4.26. The Bertz CT molecular complexity index is 642. The molecule has 0 saturated carbocycles. The molecule has 2 aromatic carbocycles. The van der Waals surface area contributed by atoms with Gasteiger partial charge in [-0.25, -0.2) is 4.57 Å². The van der Waals surface area contributed by atoms with Crippen LogP contribution in [0.5, 0.6) is 5.75 Å². The van der Waals surface area contributed by atoms with Crippen molar-refractivity contribution in [3.63, 3.8) is 0 Å². The molecule has 0 amide bonds. The minimum Gasteiger partial charge on any atom is -0.507 e. The number of phosphoric ester groups is 1. The lowest BCUT2D eigenvalue weighted by molar-refractivity contribution is -0.870. The first-order chi connectivity index (χ1) is 10.1. The molecule has 0 saturated heterocycles. The number of hydrogen-bond donors (Lipinski definition) is 3. The van der Waals surface area contributed by atoms with E-state index in [1.165, 1.54) is 0 Å². The second-order valence-electron chi connectivity index (χ2n) is 5.84. The van der Waals surface area contributed by atoms with Crippen LogP contribution in [0.4, 0.5) is 0 Å². The maximum atomic E-state index is 10.2. The van der Waals surface area contributed by atoms with Gasteiger partial charge in [-0.2, -0.15) is 0 Å². The quantitative estimate of drug-likeness (QED) is 0.592. The predicted octanol–water partition coefficient (Wildman–Crippen LogP) is 2.35. The zero-order valence-corrected chi connectivity index (χ0v) is 13.9. The standard InChI is InChI=1S/C10H8O.C5H14NO4P/c11-10-7-3-5-8-4-1-2-6-9(8)10;1-6(2,3)4-5-10-11(7,8)9/h1-7,11H;4-5H2,1-3H3,(H-,7,8,9)/p+1. The van der Waals surface area contributed by atoms with Gasteiger partial charge in [-0.3, -0.25) is 4.52 Å². The summed E-state index contributed by atoms with van der Waals surface area (Å²) in [5.41, 5.74) is 0. The van der Waals surface area contributed by atoms with Crippen LogP contribution in [-0.2, 0) is 9.09 Å². The summed E-state index contributed by atoms with van der Waals surface area (Å²) in [6, 6.07) is 13.3. The number of benzene rings is 2. The average Bonchev–Trinajstić information content (AvgIpc) is 2.37. The lowest BCUT2D eigenvalue weighted by atomic mass is 10.1. The van der Waals surface area contributed by atoms with Crippen LogP contribution in [0.1, 0.15) is 0 Å². The van der Waals surface area contributed by atoms with Crippen LogP contribution in [0.15, 0.2) is 42.5 Å². The van der Waals surface area contributed by atoms with E-state index in [0.717, 1.165) is 10.8 Å². The van der Waals surface area contributed by atoms with E-state index in [4.69, 9.17) is 9.79 Å². The number of fused-ring (bicyclic) bond motifs is 1. The highest BCUT2D eigenvalue weighted by Gasteiger charge is 2.15. The highest BCUT2D eigenvalue weighted by molar-refractivity contribution is 7.46. The average molecular weight is 328 g/mol. The zero-order chi connectivity index (χ0) is 16.8. The highest BCUT2D eigenvalue weighted by atomic mass is 31.2. The van der Waals surface area contributed by atoms with Gasteiger partial charge in [0, 0.05) is 5.39 Å². The molecule has 0 unspecified atom stereocenters. The summed E-state index contributed by atoms with van der Waals surface area (Å²) in [7, 11) is 1.50. The summed E-state index contributed by atoms with van der Waals surface area (Å²) >= 11 is 0. The van der Waals surface area contributed by atoms with E-state index in [2.05, 4.69) is 4.52 Å². The first-order valence-corrected chi connectivity index (χ1v) is 8.29. The number of hydrogen-bond acceptors (Lipinski definition) is 3. The van der Waals surface area contributed by atoms with Crippen molar-refractivity contribution in [2.45, 2.75) is 0 Å². The van der Waals surface area contributed by atoms with Crippen LogP contribution < -0.4 is 0 Å². The Hall–Kier alpha value is -1.43. The van der Waals surface area contributed by atoms with Gasteiger partial charge >= 0.3 is 7.82 Å². The lowest BCUT2D eigenvalue weighted by Crippen LogP contribution is -2.37. The molecule has 0 fully saturated rings. The topological polar surface area (TPSA) is 87.0 Å². The normalized spacial score (nSPS) is 11.9. The Kier molecular flexibility index (Phi) is 6.53. The van der Waals surface area contributed by atoms with E-state index < -0.39 is 7.82 Å². The highest BCUT2D eigenvalue weighted by Crippen LogP contribution is 2.35. The third-order valence-electron chi connectivity index (χ3n) is 2.79. The molecule has 22 heavy (non-hydrogen) atoms. The van der Waals surface area contributed by atoms with Crippen LogP contribution in [-0.4, -0.2) is 53.7 Å². The molecule has 7 heteroatoms. The molecule has 0 aliphatic carbocycles. The Morgan fingerprint density at radius 1 is 1.05 bits per heavy atom. The van der Waals surface area contributed by atoms with E-state index in [9.17, 15) is 9.67 Å². The zero-order valence-electron chi connectivity index (χ0n) is 13.0. The molecule has 0 atom stereocenters. The fourth-order valence-electron chi connectivity index (χ4n) is 1.64. The number of phenolic OH excluding ortho intramolecular Hbond substituents is 1. The maximum absolute atomic E-state index is 10.2. The lowest BCUT2D eigenvalue weighted by Gasteiger charge is -2.23. The Balaban J connectivity index is 0.000000220. The van der Waals surface area contributed by atoms with E-state index in [-0.39, 0.29) is 6.61 Å². The molecule has 3 N–H and O–H groups in total. The van der Waals surface area contributed by atoms with Gasteiger partial charge in [0.25, 0.3) is 0 Å². The SMILES string of the molecule is C[N+](C)(C)CCOP(=O)(O)O.Oc1cccc2ccccc12. The molecule has 0 radical (unpaired) electrons. The van der Waals surface area contributed by atoms with Gasteiger partial charge in [0.15, 0.2) is 0 Å². The first-order valence-electron chi connectivity index (χ1n) is 6.76. The smallest absolute Gasteiger partial charge is 0.469 e. The molecular weight excluding hydrogens is 305 g/mol. The van der Waals surface area contributed by atoms with Crippen molar-refractivity contribution in [2.24, 2.45) is 0 Å². The van der Waals surface area contributed by atoms with Gasteiger partial charge in [-0.15, -0.1) is 0 Å². The molecular formula is C15H23NO5P+. The van der Waals surface area contributed by atoms with Crippen LogP contribution in [0.25, 0.3) is 10.8 Å². The van der Waals surface area contributed by atoms with Gasteiger partial charge in [-0.05, 0) is 11.5 Å². The van der Waals surface area contributed by atoms with Crippen LogP contribution in [0.2, 0.25) is 0 Å². The summed E-state index contributed by atoms with van der Waals surface area (Å²) in [5, 5.41) is 11.4. The van der Waals surface area contributed by atoms with Crippen molar-refractivity contribution in [2.75, 3.05) is 34.3 Å². The van der Waals surface area contributed by atoms with Crippen LogP contribution >= 0.6 is 7.82 Å². The van der Waals surface area contributed by atoms with E-state index in [1.54, 1.807) is 6.07 Å². The number of rotatable bonds is 4.